The highest BCUT2D eigenvalue weighted by Gasteiger charge is 2.29. The summed E-state index contributed by atoms with van der Waals surface area (Å²) in [5.74, 6) is 2.28. The molecule has 4 rings (SSSR count). The van der Waals surface area contributed by atoms with E-state index < -0.39 is 10.0 Å². The minimum absolute atomic E-state index is 0.0242. The van der Waals surface area contributed by atoms with Crippen LogP contribution in [0.15, 0.2) is 38.2 Å². The molecule has 0 aliphatic heterocycles. The minimum atomic E-state index is -3.74. The predicted octanol–water partition coefficient (Wildman–Crippen LogP) is 2.70. The van der Waals surface area contributed by atoms with Crippen molar-refractivity contribution in [3.05, 3.63) is 47.6 Å². The molecular weight excluding hydrogens is 356 g/mol. The van der Waals surface area contributed by atoms with Gasteiger partial charge in [-0.05, 0) is 31.4 Å². The molecule has 0 saturated heterocycles. The van der Waals surface area contributed by atoms with Crippen LogP contribution in [0.25, 0.3) is 11.3 Å². The zero-order valence-corrected chi connectivity index (χ0v) is 15.2. The number of nitrogens with one attached hydrogen (secondary N) is 1. The van der Waals surface area contributed by atoms with Crippen molar-refractivity contribution in [1.29, 1.82) is 0 Å². The maximum atomic E-state index is 12.7. The molecule has 0 unspecified atom stereocenters. The summed E-state index contributed by atoms with van der Waals surface area (Å²) in [5.41, 5.74) is 1.27. The molecule has 1 fully saturated rings. The number of aromatic nitrogens is 3. The summed E-state index contributed by atoms with van der Waals surface area (Å²) in [6, 6.07) is 5.11. The topological polar surface area (TPSA) is 111 Å². The van der Waals surface area contributed by atoms with Crippen LogP contribution in [0.1, 0.15) is 41.9 Å². The maximum Gasteiger partial charge on any atom is 0.241 e. The van der Waals surface area contributed by atoms with Crippen LogP contribution in [-0.4, -0.2) is 23.5 Å². The number of sulfonamides is 1. The molecule has 26 heavy (non-hydrogen) atoms. The molecule has 2 aromatic heterocycles. The van der Waals surface area contributed by atoms with Crippen molar-refractivity contribution in [2.45, 2.75) is 44.0 Å². The monoisotopic (exact) mass is 374 g/mol. The van der Waals surface area contributed by atoms with Gasteiger partial charge in [0.15, 0.2) is 17.5 Å². The smallest absolute Gasteiger partial charge is 0.241 e. The van der Waals surface area contributed by atoms with E-state index in [9.17, 15) is 8.42 Å². The Balaban J connectivity index is 1.56. The summed E-state index contributed by atoms with van der Waals surface area (Å²) in [6.45, 7) is 3.45. The summed E-state index contributed by atoms with van der Waals surface area (Å²) in [6.07, 6.45) is 3.66. The molecule has 0 amide bonds. The molecule has 0 radical (unpaired) electrons. The van der Waals surface area contributed by atoms with Crippen molar-refractivity contribution >= 4 is 10.0 Å². The van der Waals surface area contributed by atoms with Gasteiger partial charge in [-0.3, -0.25) is 0 Å². The zero-order valence-electron chi connectivity index (χ0n) is 14.4. The normalized spacial score (nSPS) is 14.7. The van der Waals surface area contributed by atoms with E-state index in [0.29, 0.717) is 40.4 Å². The first-order valence-electron chi connectivity index (χ1n) is 8.28. The summed E-state index contributed by atoms with van der Waals surface area (Å²) in [7, 11) is -3.74. The Morgan fingerprint density at radius 1 is 1.27 bits per heavy atom. The van der Waals surface area contributed by atoms with Crippen LogP contribution in [0.2, 0.25) is 0 Å². The molecule has 9 heteroatoms. The van der Waals surface area contributed by atoms with Crippen LogP contribution < -0.4 is 4.72 Å². The third kappa shape index (κ3) is 3.40. The van der Waals surface area contributed by atoms with Gasteiger partial charge in [0.25, 0.3) is 0 Å². The van der Waals surface area contributed by atoms with E-state index in [1.165, 1.54) is 0 Å². The summed E-state index contributed by atoms with van der Waals surface area (Å²) in [5, 5.41) is 3.83. The Morgan fingerprint density at radius 2 is 2.08 bits per heavy atom. The molecule has 1 aromatic carbocycles. The highest BCUT2D eigenvalue weighted by molar-refractivity contribution is 7.89. The number of aryl methyl sites for hydroxylation is 2. The van der Waals surface area contributed by atoms with Gasteiger partial charge in [0.2, 0.25) is 15.9 Å². The van der Waals surface area contributed by atoms with Gasteiger partial charge in [0.05, 0.1) is 17.6 Å². The number of hydrogen-bond donors (Lipinski definition) is 1. The van der Waals surface area contributed by atoms with Crippen molar-refractivity contribution < 1.29 is 17.4 Å². The number of oxazole rings is 1. The van der Waals surface area contributed by atoms with Gasteiger partial charge < -0.3 is 8.94 Å². The Bertz CT molecular complexity index is 1050. The number of nitrogens with zero attached hydrogens (tertiary/aromatic N) is 3. The number of hydrogen-bond acceptors (Lipinski definition) is 7. The van der Waals surface area contributed by atoms with Crippen molar-refractivity contribution in [2.24, 2.45) is 0 Å². The average Bonchev–Trinajstić information content (AvgIpc) is 3.19. The van der Waals surface area contributed by atoms with Gasteiger partial charge in [-0.15, -0.1) is 0 Å². The third-order valence-corrected chi connectivity index (χ3v) is 5.76. The fourth-order valence-corrected chi connectivity index (χ4v) is 3.86. The third-order valence-electron chi connectivity index (χ3n) is 4.21. The number of benzene rings is 1. The lowest BCUT2D eigenvalue weighted by molar-refractivity contribution is 0.373. The van der Waals surface area contributed by atoms with Gasteiger partial charge in [-0.25, -0.2) is 18.1 Å². The molecule has 2 heterocycles. The lowest BCUT2D eigenvalue weighted by Gasteiger charge is -2.09. The highest BCUT2D eigenvalue weighted by atomic mass is 32.2. The van der Waals surface area contributed by atoms with Crippen LogP contribution in [0.3, 0.4) is 0 Å². The maximum absolute atomic E-state index is 12.7. The van der Waals surface area contributed by atoms with Gasteiger partial charge >= 0.3 is 0 Å². The van der Waals surface area contributed by atoms with Crippen LogP contribution in [0.5, 0.6) is 0 Å². The van der Waals surface area contributed by atoms with Crippen LogP contribution in [-0.2, 0) is 16.6 Å². The van der Waals surface area contributed by atoms with E-state index in [0.717, 1.165) is 12.8 Å². The fraction of sp³-hybridized carbons (Fsp3) is 0.353. The van der Waals surface area contributed by atoms with E-state index in [1.807, 2.05) is 0 Å². The highest BCUT2D eigenvalue weighted by Crippen LogP contribution is 2.38. The quantitative estimate of drug-likeness (QED) is 0.706. The molecule has 0 spiro atoms. The second-order valence-electron chi connectivity index (χ2n) is 6.37. The lowest BCUT2D eigenvalue weighted by atomic mass is 10.1. The van der Waals surface area contributed by atoms with Crippen LogP contribution >= 0.6 is 0 Å². The first kappa shape index (κ1) is 16.9. The Morgan fingerprint density at radius 3 is 2.77 bits per heavy atom. The lowest BCUT2D eigenvalue weighted by Crippen LogP contribution is -2.24. The Labute approximate surface area is 150 Å². The molecule has 3 aromatic rings. The first-order chi connectivity index (χ1) is 12.4. The second-order valence-corrected chi connectivity index (χ2v) is 8.11. The summed E-state index contributed by atoms with van der Waals surface area (Å²) < 4.78 is 38.6. The van der Waals surface area contributed by atoms with E-state index in [2.05, 4.69) is 19.8 Å². The second kappa shape index (κ2) is 6.33. The predicted molar refractivity (Wildman–Crippen MR) is 91.7 cm³/mol. The fourth-order valence-electron chi connectivity index (χ4n) is 2.61. The van der Waals surface area contributed by atoms with Gasteiger partial charge in [0.1, 0.15) is 0 Å². The SMILES string of the molecule is Cc1ncc(-c2ccc(C)c(S(=O)(=O)NCc3noc(C4CC4)n3)c2)o1. The van der Waals surface area contributed by atoms with Crippen molar-refractivity contribution in [3.8, 4) is 11.3 Å². The molecule has 0 atom stereocenters. The average molecular weight is 374 g/mol. The molecule has 1 saturated carbocycles. The molecule has 1 N–H and O–H groups in total. The largest absolute Gasteiger partial charge is 0.441 e. The van der Waals surface area contributed by atoms with Crippen LogP contribution in [0.4, 0.5) is 0 Å². The molecular formula is C17H18N4O4S. The minimum Gasteiger partial charge on any atom is -0.441 e. The molecule has 0 bridgehead atoms. The Kier molecular flexibility index (Phi) is 4.12. The van der Waals surface area contributed by atoms with Gasteiger partial charge in [0, 0.05) is 18.4 Å². The first-order valence-corrected chi connectivity index (χ1v) is 9.76. The molecule has 8 nitrogen and oxygen atoms in total. The van der Waals surface area contributed by atoms with E-state index in [4.69, 9.17) is 8.94 Å². The molecule has 136 valence electrons. The number of rotatable bonds is 6. The molecule has 1 aliphatic rings. The molecule has 1 aliphatic carbocycles. The van der Waals surface area contributed by atoms with E-state index >= 15 is 0 Å². The Hall–Kier alpha value is -2.52. The van der Waals surface area contributed by atoms with E-state index in [-0.39, 0.29) is 11.4 Å². The zero-order chi connectivity index (χ0) is 18.3. The van der Waals surface area contributed by atoms with Gasteiger partial charge in [-0.2, -0.15) is 4.98 Å². The van der Waals surface area contributed by atoms with Crippen molar-refractivity contribution in [2.75, 3.05) is 0 Å². The van der Waals surface area contributed by atoms with Crippen LogP contribution in [0, 0.1) is 13.8 Å². The summed E-state index contributed by atoms with van der Waals surface area (Å²) >= 11 is 0. The standard InChI is InChI=1S/C17H18N4O4S/c1-10-3-4-13(14-8-18-11(2)24-14)7-15(10)26(22,23)19-9-16-20-17(25-21-16)12-5-6-12/h3-4,7-8,12,19H,5-6,9H2,1-2H3. The summed E-state index contributed by atoms with van der Waals surface area (Å²) in [4.78, 5) is 8.45. The van der Waals surface area contributed by atoms with Crippen molar-refractivity contribution in [3.63, 3.8) is 0 Å². The van der Waals surface area contributed by atoms with Gasteiger partial charge in [-0.1, -0.05) is 17.3 Å². The van der Waals surface area contributed by atoms with Crippen molar-refractivity contribution in [1.82, 2.24) is 19.8 Å². The van der Waals surface area contributed by atoms with E-state index in [1.54, 1.807) is 38.2 Å².